The van der Waals surface area contributed by atoms with E-state index in [4.69, 9.17) is 10.5 Å². The third-order valence-electron chi connectivity index (χ3n) is 2.29. The van der Waals surface area contributed by atoms with Gasteiger partial charge in [0.25, 0.3) is 0 Å². The molecule has 0 bridgehead atoms. The lowest BCUT2D eigenvalue weighted by Gasteiger charge is -2.11. The van der Waals surface area contributed by atoms with Crippen molar-refractivity contribution in [1.29, 1.82) is 0 Å². The van der Waals surface area contributed by atoms with Crippen molar-refractivity contribution in [2.45, 2.75) is 27.4 Å². The third kappa shape index (κ3) is 4.45. The number of ether oxygens (including phenoxy) is 1. The van der Waals surface area contributed by atoms with Crippen LogP contribution in [-0.4, -0.2) is 4.98 Å². The second kappa shape index (κ2) is 6.64. The minimum Gasteiger partial charge on any atom is -0.487 e. The normalized spacial score (nSPS) is 11.5. The van der Waals surface area contributed by atoms with Crippen LogP contribution in [0.25, 0.3) is 0 Å². The largest absolute Gasteiger partial charge is 0.487 e. The van der Waals surface area contributed by atoms with E-state index in [-0.39, 0.29) is 0 Å². The van der Waals surface area contributed by atoms with Gasteiger partial charge in [-0.2, -0.15) is 0 Å². The fourth-order valence-corrected chi connectivity index (χ4v) is 1.31. The van der Waals surface area contributed by atoms with Crippen LogP contribution in [0, 0.1) is 0 Å². The Balaban J connectivity index is 2.85. The summed E-state index contributed by atoms with van der Waals surface area (Å²) in [4.78, 5) is 3.97. The van der Waals surface area contributed by atoms with Gasteiger partial charge in [0.2, 0.25) is 0 Å². The summed E-state index contributed by atoms with van der Waals surface area (Å²) in [6.45, 7) is 10.2. The Kier molecular flexibility index (Phi) is 5.18. The van der Waals surface area contributed by atoms with Crippen molar-refractivity contribution in [3.63, 3.8) is 0 Å². The summed E-state index contributed by atoms with van der Waals surface area (Å²) in [6.07, 6.45) is 5.40. The van der Waals surface area contributed by atoms with Crippen LogP contribution in [0.15, 0.2) is 59.8 Å². The summed E-state index contributed by atoms with van der Waals surface area (Å²) in [5.41, 5.74) is 9.55. The van der Waals surface area contributed by atoms with Gasteiger partial charge in [0, 0.05) is 12.4 Å². The minimum absolute atomic E-state index is 0.468. The molecule has 0 aromatic carbocycles. The Labute approximate surface area is 109 Å². The molecule has 1 aromatic heterocycles. The van der Waals surface area contributed by atoms with Crippen LogP contribution >= 0.6 is 0 Å². The van der Waals surface area contributed by atoms with Gasteiger partial charge in [-0.1, -0.05) is 12.2 Å². The van der Waals surface area contributed by atoms with Gasteiger partial charge in [0.1, 0.15) is 12.4 Å². The second-order valence-corrected chi connectivity index (χ2v) is 4.42. The molecule has 0 amide bonds. The van der Waals surface area contributed by atoms with Crippen molar-refractivity contribution < 1.29 is 4.74 Å². The van der Waals surface area contributed by atoms with Crippen molar-refractivity contribution in [3.05, 3.63) is 65.3 Å². The van der Waals surface area contributed by atoms with Crippen molar-refractivity contribution in [3.8, 4) is 0 Å². The summed E-state index contributed by atoms with van der Waals surface area (Å²) >= 11 is 0. The molecule has 0 aliphatic rings. The smallest absolute Gasteiger partial charge is 0.142 e. The van der Waals surface area contributed by atoms with E-state index in [1.54, 1.807) is 12.4 Å². The number of aromatic nitrogens is 1. The zero-order valence-corrected chi connectivity index (χ0v) is 11.2. The van der Waals surface area contributed by atoms with Gasteiger partial charge in [-0.05, 0) is 50.1 Å². The lowest BCUT2D eigenvalue weighted by molar-refractivity contribution is 0.207. The van der Waals surface area contributed by atoms with Crippen LogP contribution in [0.4, 0.5) is 0 Å². The van der Waals surface area contributed by atoms with Crippen LogP contribution in [0.2, 0.25) is 0 Å². The van der Waals surface area contributed by atoms with Crippen LogP contribution in [0.5, 0.6) is 0 Å². The molecule has 1 rings (SSSR count). The first-order valence-electron chi connectivity index (χ1n) is 5.83. The topological polar surface area (TPSA) is 48.1 Å². The van der Waals surface area contributed by atoms with E-state index in [9.17, 15) is 0 Å². The van der Waals surface area contributed by atoms with E-state index in [1.165, 1.54) is 0 Å². The van der Waals surface area contributed by atoms with Gasteiger partial charge in [-0.15, -0.1) is 0 Å². The predicted octanol–water partition coefficient (Wildman–Crippen LogP) is 3.31. The first-order chi connectivity index (χ1) is 8.50. The molecule has 0 fully saturated rings. The molecule has 18 heavy (non-hydrogen) atoms. The van der Waals surface area contributed by atoms with Crippen molar-refractivity contribution in [2.24, 2.45) is 5.73 Å². The summed E-state index contributed by atoms with van der Waals surface area (Å²) in [6, 6.07) is 3.83. The van der Waals surface area contributed by atoms with E-state index in [1.807, 2.05) is 39.0 Å². The van der Waals surface area contributed by atoms with Crippen LogP contribution in [0.1, 0.15) is 26.3 Å². The van der Waals surface area contributed by atoms with Gasteiger partial charge in [-0.25, -0.2) is 0 Å². The highest BCUT2D eigenvalue weighted by Crippen LogP contribution is 2.14. The highest BCUT2D eigenvalue weighted by atomic mass is 16.5. The maximum Gasteiger partial charge on any atom is 0.142 e. The van der Waals surface area contributed by atoms with Crippen LogP contribution in [0.3, 0.4) is 0 Å². The number of rotatable bonds is 5. The Bertz CT molecular complexity index is 469. The number of allylic oxidation sites excluding steroid dienone is 3. The van der Waals surface area contributed by atoms with Gasteiger partial charge < -0.3 is 10.5 Å². The average molecular weight is 244 g/mol. The molecule has 0 unspecified atom stereocenters. The molecule has 0 radical (unpaired) electrons. The van der Waals surface area contributed by atoms with Gasteiger partial charge >= 0.3 is 0 Å². The van der Waals surface area contributed by atoms with Gasteiger partial charge in [-0.3, -0.25) is 4.98 Å². The monoisotopic (exact) mass is 244 g/mol. The number of pyridine rings is 1. The highest BCUT2D eigenvalue weighted by molar-refractivity contribution is 5.33. The number of hydrogen-bond acceptors (Lipinski definition) is 3. The summed E-state index contributed by atoms with van der Waals surface area (Å²) in [7, 11) is 0. The highest BCUT2D eigenvalue weighted by Gasteiger charge is 2.04. The standard InChI is InChI=1S/C15H20N2O/c1-11(2)9-14(15(16)12(3)4)18-10-13-5-7-17-8-6-13/h5-9H,3,10,16H2,1-2,4H3/b15-14-. The number of nitrogens with zero attached hydrogens (tertiary/aromatic N) is 1. The Morgan fingerprint density at radius 1 is 1.33 bits per heavy atom. The van der Waals surface area contributed by atoms with E-state index >= 15 is 0 Å². The quantitative estimate of drug-likeness (QED) is 0.638. The fraction of sp³-hybridized carbons (Fsp3) is 0.267. The van der Waals surface area contributed by atoms with E-state index < -0.39 is 0 Å². The lowest BCUT2D eigenvalue weighted by Crippen LogP contribution is -2.05. The van der Waals surface area contributed by atoms with E-state index in [0.29, 0.717) is 18.1 Å². The number of hydrogen-bond donors (Lipinski definition) is 1. The lowest BCUT2D eigenvalue weighted by atomic mass is 10.2. The first-order valence-corrected chi connectivity index (χ1v) is 5.83. The molecule has 3 nitrogen and oxygen atoms in total. The summed E-state index contributed by atoms with van der Waals surface area (Å²) in [5.74, 6) is 0.666. The Hall–Kier alpha value is -2.03. The van der Waals surface area contributed by atoms with Crippen molar-refractivity contribution in [1.82, 2.24) is 4.98 Å². The molecule has 0 saturated heterocycles. The summed E-state index contributed by atoms with van der Waals surface area (Å²) in [5, 5.41) is 0. The maximum absolute atomic E-state index is 5.97. The molecule has 0 atom stereocenters. The molecule has 0 aliphatic carbocycles. The second-order valence-electron chi connectivity index (χ2n) is 4.42. The van der Waals surface area contributed by atoms with E-state index in [2.05, 4.69) is 11.6 Å². The first kappa shape index (κ1) is 14.0. The van der Waals surface area contributed by atoms with E-state index in [0.717, 1.165) is 16.7 Å². The van der Waals surface area contributed by atoms with Crippen molar-refractivity contribution >= 4 is 0 Å². The fourth-order valence-electron chi connectivity index (χ4n) is 1.31. The maximum atomic E-state index is 5.97. The zero-order valence-electron chi connectivity index (χ0n) is 11.2. The SMILES string of the molecule is C=C(C)/C(N)=C(\C=C(C)C)OCc1ccncc1. The Morgan fingerprint density at radius 3 is 2.44 bits per heavy atom. The van der Waals surface area contributed by atoms with Gasteiger partial charge in [0.05, 0.1) is 5.70 Å². The van der Waals surface area contributed by atoms with Crippen LogP contribution < -0.4 is 5.73 Å². The molecular weight excluding hydrogens is 224 g/mol. The molecule has 0 spiro atoms. The molecular formula is C15H20N2O. The van der Waals surface area contributed by atoms with Crippen molar-refractivity contribution in [2.75, 3.05) is 0 Å². The molecule has 0 aliphatic heterocycles. The molecule has 2 N–H and O–H groups in total. The molecule has 1 heterocycles. The van der Waals surface area contributed by atoms with Crippen LogP contribution in [-0.2, 0) is 11.3 Å². The molecule has 0 saturated carbocycles. The summed E-state index contributed by atoms with van der Waals surface area (Å²) < 4.78 is 5.75. The minimum atomic E-state index is 0.468. The molecule has 96 valence electrons. The predicted molar refractivity (Wildman–Crippen MR) is 74.5 cm³/mol. The zero-order chi connectivity index (χ0) is 13.5. The number of nitrogens with two attached hydrogens (primary N) is 1. The third-order valence-corrected chi connectivity index (χ3v) is 2.29. The van der Waals surface area contributed by atoms with Gasteiger partial charge in [0.15, 0.2) is 0 Å². The molecule has 1 aromatic rings. The average Bonchev–Trinajstić information content (AvgIpc) is 2.34. The molecule has 3 heteroatoms. The Morgan fingerprint density at radius 2 is 1.94 bits per heavy atom.